The topological polar surface area (TPSA) is 16.1 Å². The van der Waals surface area contributed by atoms with Gasteiger partial charge in [-0.1, -0.05) is 18.5 Å². The predicted octanol–water partition coefficient (Wildman–Crippen LogP) is 3.50. The van der Waals surface area contributed by atoms with Gasteiger partial charge >= 0.3 is 0 Å². The highest BCUT2D eigenvalue weighted by atomic mass is 35.5. The smallest absolute Gasteiger partial charge is 0.167 e. The van der Waals surface area contributed by atoms with E-state index in [1.165, 1.54) is 18.7 Å². The van der Waals surface area contributed by atoms with Gasteiger partial charge in [-0.2, -0.15) is 0 Å². The van der Waals surface area contributed by atoms with E-state index in [4.69, 9.17) is 11.6 Å². The van der Waals surface area contributed by atoms with Crippen LogP contribution in [0.4, 0.5) is 10.2 Å². The van der Waals surface area contributed by atoms with E-state index in [1.807, 2.05) is 4.90 Å². The van der Waals surface area contributed by atoms with Gasteiger partial charge in [-0.15, -0.1) is 0 Å². The fourth-order valence-electron chi connectivity index (χ4n) is 2.25. The van der Waals surface area contributed by atoms with Crippen molar-refractivity contribution >= 4 is 17.4 Å². The van der Waals surface area contributed by atoms with Gasteiger partial charge in [0.2, 0.25) is 0 Å². The zero-order valence-corrected chi connectivity index (χ0v) is 10.3. The van der Waals surface area contributed by atoms with Crippen LogP contribution >= 0.6 is 11.6 Å². The molecule has 1 fully saturated rings. The molecule has 1 saturated heterocycles. The lowest BCUT2D eigenvalue weighted by molar-refractivity contribution is 0.358. The summed E-state index contributed by atoms with van der Waals surface area (Å²) < 4.78 is 13.7. The molecule has 88 valence electrons. The van der Waals surface area contributed by atoms with Crippen LogP contribution in [-0.4, -0.2) is 17.6 Å². The molecule has 1 aromatic heterocycles. The lowest BCUT2D eigenvalue weighted by atomic mass is 9.92. The summed E-state index contributed by atoms with van der Waals surface area (Å²) in [6.07, 6.45) is 3.80. The fraction of sp³-hybridized carbons (Fsp3) is 0.583. The molecule has 0 spiro atoms. The first-order valence-corrected chi connectivity index (χ1v) is 6.05. The van der Waals surface area contributed by atoms with E-state index in [9.17, 15) is 4.39 Å². The largest absolute Gasteiger partial charge is 0.351 e. The number of aromatic nitrogens is 1. The van der Waals surface area contributed by atoms with Crippen molar-refractivity contribution in [1.29, 1.82) is 0 Å². The Labute approximate surface area is 100 Å². The standard InChI is InChI=1S/C12H16ClFN2/c1-8-4-3-5-16(9(8)2)12-11(14)6-10(13)7-15-12/h6-9H,3-5H2,1-2H3. The highest BCUT2D eigenvalue weighted by molar-refractivity contribution is 6.30. The van der Waals surface area contributed by atoms with Crippen molar-refractivity contribution in [3.05, 3.63) is 23.1 Å². The highest BCUT2D eigenvalue weighted by Gasteiger charge is 2.27. The molecule has 4 heteroatoms. The van der Waals surface area contributed by atoms with Gasteiger partial charge in [0.15, 0.2) is 11.6 Å². The number of hydrogen-bond acceptors (Lipinski definition) is 2. The van der Waals surface area contributed by atoms with Crippen molar-refractivity contribution in [3.63, 3.8) is 0 Å². The first-order valence-electron chi connectivity index (χ1n) is 5.67. The Balaban J connectivity index is 2.29. The summed E-state index contributed by atoms with van der Waals surface area (Å²) >= 11 is 5.70. The van der Waals surface area contributed by atoms with Gasteiger partial charge < -0.3 is 4.90 Å². The van der Waals surface area contributed by atoms with Crippen molar-refractivity contribution in [1.82, 2.24) is 4.98 Å². The van der Waals surface area contributed by atoms with Crippen molar-refractivity contribution in [3.8, 4) is 0 Å². The third kappa shape index (κ3) is 2.14. The summed E-state index contributed by atoms with van der Waals surface area (Å²) in [6, 6.07) is 1.66. The van der Waals surface area contributed by atoms with Crippen LogP contribution in [-0.2, 0) is 0 Å². The molecule has 1 aliphatic rings. The van der Waals surface area contributed by atoms with E-state index < -0.39 is 0 Å². The van der Waals surface area contributed by atoms with Crippen LogP contribution < -0.4 is 4.90 Å². The van der Waals surface area contributed by atoms with Crippen molar-refractivity contribution in [2.45, 2.75) is 32.7 Å². The van der Waals surface area contributed by atoms with Crippen LogP contribution in [0, 0.1) is 11.7 Å². The number of halogens is 2. The normalized spacial score (nSPS) is 25.9. The molecule has 2 atom stereocenters. The molecule has 0 aliphatic carbocycles. The summed E-state index contributed by atoms with van der Waals surface area (Å²) in [5.41, 5.74) is 0. The van der Waals surface area contributed by atoms with Crippen molar-refractivity contribution in [2.24, 2.45) is 5.92 Å². The molecule has 1 aromatic rings. The van der Waals surface area contributed by atoms with Crippen LogP contribution in [0.2, 0.25) is 5.02 Å². The predicted molar refractivity (Wildman–Crippen MR) is 64.4 cm³/mol. The second-order valence-electron chi connectivity index (χ2n) is 4.51. The number of pyridine rings is 1. The van der Waals surface area contributed by atoms with Crippen LogP contribution in [0.15, 0.2) is 12.3 Å². The van der Waals surface area contributed by atoms with Gasteiger partial charge in [0, 0.05) is 18.8 Å². The average molecular weight is 243 g/mol. The molecule has 0 saturated carbocycles. The van der Waals surface area contributed by atoms with Crippen molar-refractivity contribution in [2.75, 3.05) is 11.4 Å². The lowest BCUT2D eigenvalue weighted by Gasteiger charge is -2.38. The molecular formula is C12H16ClFN2. The molecule has 1 aliphatic heterocycles. The number of nitrogens with zero attached hydrogens (tertiary/aromatic N) is 2. The fourth-order valence-corrected chi connectivity index (χ4v) is 2.40. The summed E-state index contributed by atoms with van der Waals surface area (Å²) in [6.45, 7) is 5.20. The molecule has 2 unspecified atom stereocenters. The van der Waals surface area contributed by atoms with E-state index in [0.717, 1.165) is 13.0 Å². The zero-order chi connectivity index (χ0) is 11.7. The summed E-state index contributed by atoms with van der Waals surface area (Å²) in [7, 11) is 0. The monoisotopic (exact) mass is 242 g/mol. The molecule has 2 nitrogen and oxygen atoms in total. The average Bonchev–Trinajstić information content (AvgIpc) is 2.23. The second kappa shape index (κ2) is 4.58. The summed E-state index contributed by atoms with van der Waals surface area (Å²) in [5, 5.41) is 0.346. The Hall–Kier alpha value is -0.830. The van der Waals surface area contributed by atoms with Gasteiger partial charge in [0.25, 0.3) is 0 Å². The Kier molecular flexibility index (Phi) is 3.33. The minimum absolute atomic E-state index is 0.326. The first-order chi connectivity index (χ1) is 7.59. The molecule has 2 rings (SSSR count). The highest BCUT2D eigenvalue weighted by Crippen LogP contribution is 2.29. The van der Waals surface area contributed by atoms with E-state index in [0.29, 0.717) is 22.8 Å². The molecule has 0 bridgehead atoms. The number of anilines is 1. The van der Waals surface area contributed by atoms with E-state index in [2.05, 4.69) is 18.8 Å². The third-order valence-corrected chi connectivity index (χ3v) is 3.64. The Morgan fingerprint density at radius 2 is 2.25 bits per heavy atom. The molecule has 0 aromatic carbocycles. The van der Waals surface area contributed by atoms with Gasteiger partial charge in [-0.05, 0) is 31.7 Å². The third-order valence-electron chi connectivity index (χ3n) is 3.43. The second-order valence-corrected chi connectivity index (χ2v) is 4.95. The quantitative estimate of drug-likeness (QED) is 0.749. The lowest BCUT2D eigenvalue weighted by Crippen LogP contribution is -2.43. The maximum Gasteiger partial charge on any atom is 0.167 e. The first kappa shape index (κ1) is 11.6. The number of hydrogen-bond donors (Lipinski definition) is 0. The van der Waals surface area contributed by atoms with E-state index in [-0.39, 0.29) is 5.82 Å². The van der Waals surface area contributed by atoms with E-state index in [1.54, 1.807) is 0 Å². The zero-order valence-electron chi connectivity index (χ0n) is 9.58. The SMILES string of the molecule is CC1CCCN(c2ncc(Cl)cc2F)C1C. The Morgan fingerprint density at radius 1 is 1.50 bits per heavy atom. The minimum Gasteiger partial charge on any atom is -0.351 e. The molecule has 0 radical (unpaired) electrons. The van der Waals surface area contributed by atoms with Gasteiger partial charge in [0.1, 0.15) is 0 Å². The van der Waals surface area contributed by atoms with Crippen LogP contribution in [0.25, 0.3) is 0 Å². The molecule has 0 N–H and O–H groups in total. The van der Waals surface area contributed by atoms with Gasteiger partial charge in [-0.25, -0.2) is 9.37 Å². The Bertz CT molecular complexity index is 383. The molecular weight excluding hydrogens is 227 g/mol. The van der Waals surface area contributed by atoms with Gasteiger partial charge in [-0.3, -0.25) is 0 Å². The number of rotatable bonds is 1. The molecule has 2 heterocycles. The van der Waals surface area contributed by atoms with E-state index >= 15 is 0 Å². The summed E-state index contributed by atoms with van der Waals surface area (Å²) in [4.78, 5) is 6.15. The summed E-state index contributed by atoms with van der Waals surface area (Å²) in [5.74, 6) is 0.683. The minimum atomic E-state index is -0.326. The molecule has 16 heavy (non-hydrogen) atoms. The van der Waals surface area contributed by atoms with Crippen LogP contribution in [0.3, 0.4) is 0 Å². The van der Waals surface area contributed by atoms with Crippen LogP contribution in [0.5, 0.6) is 0 Å². The maximum absolute atomic E-state index is 13.7. The Morgan fingerprint density at radius 3 is 2.94 bits per heavy atom. The van der Waals surface area contributed by atoms with Gasteiger partial charge in [0.05, 0.1) is 5.02 Å². The van der Waals surface area contributed by atoms with Crippen LogP contribution in [0.1, 0.15) is 26.7 Å². The van der Waals surface area contributed by atoms with Crippen molar-refractivity contribution < 1.29 is 4.39 Å². The molecule has 0 amide bonds. The maximum atomic E-state index is 13.7. The number of piperidine rings is 1.